The summed E-state index contributed by atoms with van der Waals surface area (Å²) in [5.41, 5.74) is 2.35. The molecule has 25 heavy (non-hydrogen) atoms. The average molecular weight is 406 g/mol. The van der Waals surface area contributed by atoms with Crippen molar-refractivity contribution in [3.05, 3.63) is 27.7 Å². The van der Waals surface area contributed by atoms with E-state index in [9.17, 15) is 4.79 Å². The van der Waals surface area contributed by atoms with Crippen molar-refractivity contribution in [1.29, 1.82) is 0 Å². The van der Waals surface area contributed by atoms with Gasteiger partial charge in [0.1, 0.15) is 5.75 Å². The molecule has 0 saturated heterocycles. The minimum Gasteiger partial charge on any atom is -0.496 e. The lowest BCUT2D eigenvalue weighted by Crippen LogP contribution is -2.65. The Hall–Kier alpha value is -1.03. The fourth-order valence-electron chi connectivity index (χ4n) is 7.06. The Bertz CT molecular complexity index is 726. The largest absolute Gasteiger partial charge is 0.496 e. The molecule has 136 valence electrons. The zero-order valence-corrected chi connectivity index (χ0v) is 17.3. The van der Waals surface area contributed by atoms with Gasteiger partial charge in [0.05, 0.1) is 12.7 Å². The van der Waals surface area contributed by atoms with Crippen LogP contribution in [0.2, 0.25) is 0 Å². The summed E-state index contributed by atoms with van der Waals surface area (Å²) in [6, 6.07) is 3.87. The van der Waals surface area contributed by atoms with Crippen LogP contribution in [-0.4, -0.2) is 18.6 Å². The van der Waals surface area contributed by atoms with E-state index in [0.717, 1.165) is 35.2 Å². The van der Waals surface area contributed by atoms with Crippen molar-refractivity contribution in [3.8, 4) is 5.75 Å². The number of amides is 1. The average Bonchev–Trinajstić information content (AvgIpc) is 2.41. The summed E-state index contributed by atoms with van der Waals surface area (Å²) in [4.78, 5) is 13.2. The van der Waals surface area contributed by atoms with E-state index in [4.69, 9.17) is 4.74 Å². The molecule has 4 heteroatoms. The van der Waals surface area contributed by atoms with Gasteiger partial charge in [-0.1, -0.05) is 29.8 Å². The number of rotatable bonds is 3. The molecule has 0 aliphatic heterocycles. The van der Waals surface area contributed by atoms with Crippen LogP contribution in [0, 0.1) is 23.7 Å². The maximum Gasteiger partial charge on any atom is 0.255 e. The number of hydrogen-bond donors (Lipinski definition) is 1. The SMILES string of the molecule is COc1c(C)cc(Br)cc1C(=O)NC12CC3CC(C)(CC(C)(C3)C1)C2. The number of methoxy groups -OCH3 is 1. The van der Waals surface area contributed by atoms with Crippen LogP contribution in [0.3, 0.4) is 0 Å². The first-order chi connectivity index (χ1) is 11.6. The molecule has 1 aromatic rings. The normalized spacial score (nSPS) is 38.7. The summed E-state index contributed by atoms with van der Waals surface area (Å²) in [5, 5.41) is 3.48. The maximum absolute atomic E-state index is 13.2. The van der Waals surface area contributed by atoms with Gasteiger partial charge in [-0.3, -0.25) is 4.79 Å². The second-order valence-electron chi connectivity index (χ2n) is 9.67. The molecular weight excluding hydrogens is 378 g/mol. The van der Waals surface area contributed by atoms with E-state index in [0.29, 0.717) is 22.1 Å². The first-order valence-corrected chi connectivity index (χ1v) is 10.1. The van der Waals surface area contributed by atoms with E-state index in [2.05, 4.69) is 35.1 Å². The van der Waals surface area contributed by atoms with Gasteiger partial charge in [-0.25, -0.2) is 0 Å². The van der Waals surface area contributed by atoms with Gasteiger partial charge in [0, 0.05) is 10.0 Å². The Labute approximate surface area is 159 Å². The van der Waals surface area contributed by atoms with Gasteiger partial charge in [0.2, 0.25) is 0 Å². The maximum atomic E-state index is 13.2. The van der Waals surface area contributed by atoms with Crippen molar-refractivity contribution in [2.45, 2.75) is 64.8 Å². The molecule has 4 bridgehead atoms. The quantitative estimate of drug-likeness (QED) is 0.745. The van der Waals surface area contributed by atoms with Crippen LogP contribution < -0.4 is 10.1 Å². The van der Waals surface area contributed by atoms with E-state index < -0.39 is 0 Å². The number of carbonyl (C=O) groups is 1. The Morgan fingerprint density at radius 1 is 1.16 bits per heavy atom. The summed E-state index contributed by atoms with van der Waals surface area (Å²) >= 11 is 3.52. The lowest BCUT2D eigenvalue weighted by Gasteiger charge is -2.65. The van der Waals surface area contributed by atoms with Gasteiger partial charge < -0.3 is 10.1 Å². The molecule has 1 aromatic carbocycles. The minimum atomic E-state index is -0.0404. The molecule has 2 atom stereocenters. The molecule has 0 radical (unpaired) electrons. The topological polar surface area (TPSA) is 38.3 Å². The Balaban J connectivity index is 1.66. The number of hydrogen-bond acceptors (Lipinski definition) is 2. The lowest BCUT2D eigenvalue weighted by molar-refractivity contribution is -0.114. The van der Waals surface area contributed by atoms with Crippen LogP contribution in [0.15, 0.2) is 16.6 Å². The molecule has 4 aliphatic carbocycles. The summed E-state index contributed by atoms with van der Waals surface area (Å²) in [7, 11) is 1.64. The Morgan fingerprint density at radius 2 is 1.80 bits per heavy atom. The fourth-order valence-corrected chi connectivity index (χ4v) is 7.64. The highest BCUT2D eigenvalue weighted by Gasteiger charge is 2.60. The van der Waals surface area contributed by atoms with E-state index in [-0.39, 0.29) is 11.4 Å². The van der Waals surface area contributed by atoms with Gasteiger partial charge in [0.15, 0.2) is 0 Å². The number of benzene rings is 1. The van der Waals surface area contributed by atoms with Crippen LogP contribution >= 0.6 is 15.9 Å². The monoisotopic (exact) mass is 405 g/mol. The van der Waals surface area contributed by atoms with Crippen LogP contribution in [0.4, 0.5) is 0 Å². The van der Waals surface area contributed by atoms with Gasteiger partial charge in [0.25, 0.3) is 5.91 Å². The number of aryl methyl sites for hydroxylation is 1. The summed E-state index contributed by atoms with van der Waals surface area (Å²) in [5.74, 6) is 1.45. The molecular formula is C21H28BrNO2. The molecule has 4 saturated carbocycles. The van der Waals surface area contributed by atoms with Crippen molar-refractivity contribution in [2.75, 3.05) is 7.11 Å². The van der Waals surface area contributed by atoms with Crippen molar-refractivity contribution < 1.29 is 9.53 Å². The Kier molecular flexibility index (Phi) is 3.81. The number of nitrogens with one attached hydrogen (secondary N) is 1. The van der Waals surface area contributed by atoms with E-state index in [1.165, 1.54) is 19.3 Å². The molecule has 4 aliphatic rings. The molecule has 1 amide bonds. The predicted octanol–water partition coefficient (Wildman–Crippen LogP) is 5.24. The van der Waals surface area contributed by atoms with Gasteiger partial charge in [-0.05, 0) is 79.9 Å². The van der Waals surface area contributed by atoms with Crippen LogP contribution in [0.5, 0.6) is 5.75 Å². The van der Waals surface area contributed by atoms with Crippen LogP contribution in [0.1, 0.15) is 68.3 Å². The highest BCUT2D eigenvalue weighted by Crippen LogP contribution is 2.66. The zero-order chi connectivity index (χ0) is 18.0. The summed E-state index contributed by atoms with van der Waals surface area (Å²) in [6.45, 7) is 6.84. The van der Waals surface area contributed by atoms with Gasteiger partial charge >= 0.3 is 0 Å². The van der Waals surface area contributed by atoms with Gasteiger partial charge in [-0.2, -0.15) is 0 Å². The standard InChI is InChI=1S/C21H28BrNO2/c1-13-5-15(22)6-16(17(13)25-4)18(24)23-21-9-14-7-19(2,11-21)10-20(3,8-14)12-21/h5-6,14H,7-12H2,1-4H3,(H,23,24). The second-order valence-corrected chi connectivity index (χ2v) is 10.6. The second kappa shape index (κ2) is 5.48. The van der Waals surface area contributed by atoms with Gasteiger partial charge in [-0.15, -0.1) is 0 Å². The summed E-state index contributed by atoms with van der Waals surface area (Å²) in [6.07, 6.45) is 7.35. The molecule has 5 rings (SSSR count). The Morgan fingerprint density at radius 3 is 2.36 bits per heavy atom. The molecule has 1 N–H and O–H groups in total. The van der Waals surface area contributed by atoms with E-state index in [1.807, 2.05) is 19.1 Å². The first-order valence-electron chi connectivity index (χ1n) is 9.32. The van der Waals surface area contributed by atoms with Crippen molar-refractivity contribution in [1.82, 2.24) is 5.32 Å². The van der Waals surface area contributed by atoms with Crippen LogP contribution in [0.25, 0.3) is 0 Å². The molecule has 3 nitrogen and oxygen atoms in total. The van der Waals surface area contributed by atoms with Crippen molar-refractivity contribution in [2.24, 2.45) is 16.7 Å². The first kappa shape index (κ1) is 17.4. The van der Waals surface area contributed by atoms with Crippen molar-refractivity contribution in [3.63, 3.8) is 0 Å². The third-order valence-electron chi connectivity index (χ3n) is 6.69. The molecule has 0 heterocycles. The smallest absolute Gasteiger partial charge is 0.255 e. The van der Waals surface area contributed by atoms with E-state index in [1.54, 1.807) is 7.11 Å². The third kappa shape index (κ3) is 2.90. The number of ether oxygens (including phenoxy) is 1. The van der Waals surface area contributed by atoms with E-state index >= 15 is 0 Å². The molecule has 4 fully saturated rings. The molecule has 2 unspecified atom stereocenters. The predicted molar refractivity (Wildman–Crippen MR) is 103 cm³/mol. The minimum absolute atomic E-state index is 0.00963. The summed E-state index contributed by atoms with van der Waals surface area (Å²) < 4.78 is 6.45. The number of carbonyl (C=O) groups excluding carboxylic acids is 1. The molecule has 0 spiro atoms. The van der Waals surface area contributed by atoms with Crippen LogP contribution in [-0.2, 0) is 0 Å². The lowest BCUT2D eigenvalue weighted by atomic mass is 9.43. The highest BCUT2D eigenvalue weighted by atomic mass is 79.9. The van der Waals surface area contributed by atoms with Crippen molar-refractivity contribution >= 4 is 21.8 Å². The zero-order valence-electron chi connectivity index (χ0n) is 15.7. The highest BCUT2D eigenvalue weighted by molar-refractivity contribution is 9.10. The molecule has 0 aromatic heterocycles. The third-order valence-corrected chi connectivity index (χ3v) is 7.15. The fraction of sp³-hybridized carbons (Fsp3) is 0.667. The number of halogens is 1.